The van der Waals surface area contributed by atoms with Crippen LogP contribution in [-0.2, 0) is 0 Å². The fourth-order valence-corrected chi connectivity index (χ4v) is 1.43. The van der Waals surface area contributed by atoms with E-state index in [0.29, 0.717) is 0 Å². The predicted octanol–water partition coefficient (Wildman–Crippen LogP) is 2.99. The van der Waals surface area contributed by atoms with Gasteiger partial charge in [-0.05, 0) is 23.3 Å². The van der Waals surface area contributed by atoms with E-state index in [1.54, 1.807) is 0 Å². The van der Waals surface area contributed by atoms with Crippen molar-refractivity contribution in [2.24, 2.45) is 0 Å². The van der Waals surface area contributed by atoms with E-state index in [9.17, 15) is 0 Å². The molecule has 0 nitrogen and oxygen atoms in total. The summed E-state index contributed by atoms with van der Waals surface area (Å²) in [6, 6.07) is 18.5. The van der Waals surface area contributed by atoms with Crippen LogP contribution in [0.2, 0.25) is 0 Å². The van der Waals surface area contributed by atoms with Crippen LogP contribution in [0.25, 0.3) is 11.1 Å². The van der Waals surface area contributed by atoms with Crippen LogP contribution in [0.5, 0.6) is 0 Å². The summed E-state index contributed by atoms with van der Waals surface area (Å²) in [5, 5.41) is 0. The monoisotopic (exact) mass is 210 g/mol. The Morgan fingerprint density at radius 1 is 0.643 bits per heavy atom. The van der Waals surface area contributed by atoms with Crippen molar-refractivity contribution in [3.8, 4) is 11.1 Å². The molecule has 0 atom stereocenters. The summed E-state index contributed by atoms with van der Waals surface area (Å²) in [5.74, 6) is 0. The van der Waals surface area contributed by atoms with Gasteiger partial charge in [0.15, 0.2) is 0 Å². The van der Waals surface area contributed by atoms with Gasteiger partial charge in [-0.3, -0.25) is 0 Å². The van der Waals surface area contributed by atoms with E-state index >= 15 is 0 Å². The van der Waals surface area contributed by atoms with Crippen molar-refractivity contribution in [3.63, 3.8) is 0 Å². The van der Waals surface area contributed by atoms with Gasteiger partial charge in [0.25, 0.3) is 0 Å². The van der Waals surface area contributed by atoms with Crippen LogP contribution in [0.3, 0.4) is 0 Å². The van der Waals surface area contributed by atoms with Gasteiger partial charge in [-0.1, -0.05) is 42.5 Å². The summed E-state index contributed by atoms with van der Waals surface area (Å²) in [5.41, 5.74) is 2.48. The molecule has 66 valence electrons. The molecule has 0 spiro atoms. The Morgan fingerprint density at radius 2 is 1.14 bits per heavy atom. The maximum atomic E-state index is 4.24. The van der Waals surface area contributed by atoms with Gasteiger partial charge in [0.1, 0.15) is 0 Å². The minimum atomic E-state index is 0. The third-order valence-corrected chi connectivity index (χ3v) is 2.27. The number of hydrogen-bond donors (Lipinski definition) is 1. The van der Waals surface area contributed by atoms with Crippen molar-refractivity contribution in [1.29, 1.82) is 0 Å². The zero-order valence-electron chi connectivity index (χ0n) is 7.14. The van der Waals surface area contributed by atoms with Gasteiger partial charge in [-0.15, -0.1) is 12.6 Å². The van der Waals surface area contributed by atoms with Gasteiger partial charge < -0.3 is 0 Å². The van der Waals surface area contributed by atoms with Gasteiger partial charge in [0, 0.05) is 4.90 Å². The topological polar surface area (TPSA) is 0 Å². The molecule has 0 fully saturated rings. The summed E-state index contributed by atoms with van der Waals surface area (Å²) < 4.78 is 0. The van der Waals surface area contributed by atoms with Gasteiger partial charge in [0.2, 0.25) is 0 Å². The first-order valence-corrected chi connectivity index (χ1v) is 4.65. The van der Waals surface area contributed by atoms with E-state index in [2.05, 4.69) is 36.9 Å². The molecule has 0 heterocycles. The summed E-state index contributed by atoms with van der Waals surface area (Å²) >= 11 is 4.24. The van der Waals surface area contributed by atoms with Crippen LogP contribution in [-0.4, -0.2) is 29.6 Å². The van der Waals surface area contributed by atoms with Gasteiger partial charge in [-0.2, -0.15) is 0 Å². The van der Waals surface area contributed by atoms with Crippen LogP contribution < -0.4 is 0 Å². The summed E-state index contributed by atoms with van der Waals surface area (Å²) in [6.07, 6.45) is 0. The Morgan fingerprint density at radius 3 is 1.71 bits per heavy atom. The SMILES string of the molecule is Sc1ccc(-c2ccccc2)cc1.[NaH]. The standard InChI is InChI=1S/C12H10S.Na.H/c13-12-8-6-11(7-9-12)10-4-2-1-3-5-10;;/h1-9,13H;;. The molecule has 0 saturated heterocycles. The Balaban J connectivity index is 0.000000980. The molecule has 2 rings (SSSR count). The first-order valence-electron chi connectivity index (χ1n) is 4.21. The second kappa shape index (κ2) is 5.62. The van der Waals surface area contributed by atoms with Crippen LogP contribution >= 0.6 is 12.6 Å². The molecule has 0 aromatic heterocycles. The van der Waals surface area contributed by atoms with E-state index in [0.717, 1.165) is 4.90 Å². The molecule has 0 unspecified atom stereocenters. The zero-order valence-corrected chi connectivity index (χ0v) is 8.04. The van der Waals surface area contributed by atoms with Crippen molar-refractivity contribution < 1.29 is 0 Å². The van der Waals surface area contributed by atoms with E-state index in [1.165, 1.54) is 11.1 Å². The fraction of sp³-hybridized carbons (Fsp3) is 0. The molecule has 0 aliphatic rings. The van der Waals surface area contributed by atoms with Crippen molar-refractivity contribution in [3.05, 3.63) is 54.6 Å². The molecule has 2 heteroatoms. The Bertz CT molecular complexity index is 381. The molecule has 0 bridgehead atoms. The molecule has 0 amide bonds. The summed E-state index contributed by atoms with van der Waals surface area (Å²) in [7, 11) is 0. The van der Waals surface area contributed by atoms with E-state index in [-0.39, 0.29) is 29.6 Å². The van der Waals surface area contributed by atoms with Gasteiger partial charge in [-0.25, -0.2) is 0 Å². The molecular weight excluding hydrogens is 199 g/mol. The number of rotatable bonds is 1. The number of benzene rings is 2. The predicted molar refractivity (Wildman–Crippen MR) is 66.3 cm³/mol. The normalized spacial score (nSPS) is 9.21. The second-order valence-electron chi connectivity index (χ2n) is 2.91. The Labute approximate surface area is 112 Å². The van der Waals surface area contributed by atoms with Crippen LogP contribution in [0, 0.1) is 0 Å². The van der Waals surface area contributed by atoms with Crippen LogP contribution in [0.1, 0.15) is 0 Å². The van der Waals surface area contributed by atoms with E-state index < -0.39 is 0 Å². The molecular formula is C12H11NaS. The number of hydrogen-bond acceptors (Lipinski definition) is 1. The van der Waals surface area contributed by atoms with Crippen LogP contribution in [0.4, 0.5) is 0 Å². The third-order valence-electron chi connectivity index (χ3n) is 1.97. The fourth-order valence-electron chi connectivity index (χ4n) is 1.28. The molecule has 14 heavy (non-hydrogen) atoms. The van der Waals surface area contributed by atoms with Crippen molar-refractivity contribution in [1.82, 2.24) is 0 Å². The molecule has 0 N–H and O–H groups in total. The average molecular weight is 210 g/mol. The van der Waals surface area contributed by atoms with Crippen molar-refractivity contribution >= 4 is 42.2 Å². The minimum absolute atomic E-state index is 0. The quantitative estimate of drug-likeness (QED) is 0.543. The van der Waals surface area contributed by atoms with E-state index in [4.69, 9.17) is 0 Å². The molecule has 2 aromatic rings. The van der Waals surface area contributed by atoms with Crippen molar-refractivity contribution in [2.75, 3.05) is 0 Å². The van der Waals surface area contributed by atoms with Crippen LogP contribution in [0.15, 0.2) is 59.5 Å². The first-order chi connectivity index (χ1) is 6.36. The third kappa shape index (κ3) is 2.89. The Kier molecular flexibility index (Phi) is 4.76. The average Bonchev–Trinajstić information content (AvgIpc) is 2.20. The Hall–Kier alpha value is -0.210. The maximum absolute atomic E-state index is 4.24. The molecule has 2 aromatic carbocycles. The molecule has 0 radical (unpaired) electrons. The molecule has 0 saturated carbocycles. The molecule has 0 aliphatic carbocycles. The second-order valence-corrected chi connectivity index (χ2v) is 3.43. The van der Waals surface area contributed by atoms with Crippen molar-refractivity contribution in [2.45, 2.75) is 4.90 Å². The van der Waals surface area contributed by atoms with E-state index in [1.807, 2.05) is 30.3 Å². The summed E-state index contributed by atoms with van der Waals surface area (Å²) in [6.45, 7) is 0. The summed E-state index contributed by atoms with van der Waals surface area (Å²) in [4.78, 5) is 1.000. The first kappa shape index (κ1) is 11.9. The van der Waals surface area contributed by atoms with Gasteiger partial charge in [0.05, 0.1) is 0 Å². The zero-order chi connectivity index (χ0) is 9.10. The number of thiol groups is 1. The molecule has 0 aliphatic heterocycles. The van der Waals surface area contributed by atoms with Gasteiger partial charge >= 0.3 is 29.6 Å².